The van der Waals surface area contributed by atoms with Crippen LogP contribution in [0.3, 0.4) is 0 Å². The Bertz CT molecular complexity index is 493. The van der Waals surface area contributed by atoms with E-state index < -0.39 is 0 Å². The SMILES string of the molecule is CCN1CC2CC(C1)N2C(=O)c1ccc(=O)[nH]c1. The van der Waals surface area contributed by atoms with Gasteiger partial charge in [0, 0.05) is 37.4 Å². The van der Waals surface area contributed by atoms with Crippen molar-refractivity contribution in [2.24, 2.45) is 0 Å². The molecule has 2 unspecified atom stereocenters. The average molecular weight is 247 g/mol. The standard InChI is InChI=1S/C13H17N3O2/c1-2-15-7-10-5-11(8-15)16(10)13(18)9-3-4-12(17)14-6-9/h3-4,6,10-11H,2,5,7-8H2,1H3,(H,14,17). The predicted octanol–water partition coefficient (Wildman–Crippen LogP) is 0.294. The zero-order valence-electron chi connectivity index (χ0n) is 10.4. The highest BCUT2D eigenvalue weighted by Gasteiger charge is 2.46. The third-order valence-corrected chi connectivity index (χ3v) is 3.98. The lowest BCUT2D eigenvalue weighted by Gasteiger charge is -2.56. The van der Waals surface area contributed by atoms with Crippen molar-refractivity contribution < 1.29 is 4.79 Å². The molecule has 4 rings (SSSR count). The normalized spacial score (nSPS) is 26.8. The second kappa shape index (κ2) is 4.24. The fourth-order valence-electron chi connectivity index (χ4n) is 2.98. The Labute approximate surface area is 105 Å². The highest BCUT2D eigenvalue weighted by atomic mass is 16.2. The van der Waals surface area contributed by atoms with Crippen LogP contribution in [0.5, 0.6) is 0 Å². The van der Waals surface area contributed by atoms with Gasteiger partial charge in [-0.1, -0.05) is 6.92 Å². The van der Waals surface area contributed by atoms with Gasteiger partial charge < -0.3 is 9.88 Å². The number of piperidine rings is 1. The number of aromatic nitrogens is 1. The quantitative estimate of drug-likeness (QED) is 0.817. The smallest absolute Gasteiger partial charge is 0.255 e. The van der Waals surface area contributed by atoms with Crippen LogP contribution in [0.1, 0.15) is 23.7 Å². The zero-order chi connectivity index (χ0) is 12.7. The van der Waals surface area contributed by atoms with Gasteiger partial charge in [0.15, 0.2) is 0 Å². The van der Waals surface area contributed by atoms with Crippen molar-refractivity contribution in [1.29, 1.82) is 0 Å². The molecule has 3 fully saturated rings. The first kappa shape index (κ1) is 11.5. The molecular formula is C13H17N3O2. The molecule has 5 nitrogen and oxygen atoms in total. The summed E-state index contributed by atoms with van der Waals surface area (Å²) in [5.74, 6) is 0.0447. The number of amides is 1. The third kappa shape index (κ3) is 1.75. The molecule has 4 heterocycles. The molecule has 0 saturated carbocycles. The molecule has 3 saturated heterocycles. The molecule has 2 bridgehead atoms. The van der Waals surface area contributed by atoms with Crippen molar-refractivity contribution >= 4 is 5.91 Å². The molecule has 1 N–H and O–H groups in total. The second-order valence-electron chi connectivity index (χ2n) is 5.05. The van der Waals surface area contributed by atoms with Crippen LogP contribution in [0.15, 0.2) is 23.1 Å². The maximum absolute atomic E-state index is 12.3. The maximum Gasteiger partial charge on any atom is 0.255 e. The Morgan fingerprint density at radius 3 is 2.67 bits per heavy atom. The number of hydrogen-bond donors (Lipinski definition) is 1. The fourth-order valence-corrected chi connectivity index (χ4v) is 2.98. The van der Waals surface area contributed by atoms with Crippen LogP contribution >= 0.6 is 0 Å². The summed E-state index contributed by atoms with van der Waals surface area (Å²) >= 11 is 0. The van der Waals surface area contributed by atoms with Crippen LogP contribution in [0.2, 0.25) is 0 Å². The van der Waals surface area contributed by atoms with E-state index in [1.165, 1.54) is 12.3 Å². The Balaban J connectivity index is 1.75. The minimum Gasteiger partial charge on any atom is -0.330 e. The van der Waals surface area contributed by atoms with Gasteiger partial charge in [0.1, 0.15) is 0 Å². The van der Waals surface area contributed by atoms with E-state index in [2.05, 4.69) is 16.8 Å². The van der Waals surface area contributed by atoms with Crippen LogP contribution in [0.4, 0.5) is 0 Å². The Morgan fingerprint density at radius 2 is 2.11 bits per heavy atom. The Hall–Kier alpha value is -1.62. The monoisotopic (exact) mass is 247 g/mol. The highest BCUT2D eigenvalue weighted by Crippen LogP contribution is 2.33. The van der Waals surface area contributed by atoms with Gasteiger partial charge in [-0.25, -0.2) is 0 Å². The van der Waals surface area contributed by atoms with Crippen molar-refractivity contribution in [3.63, 3.8) is 0 Å². The molecule has 3 aliphatic rings. The van der Waals surface area contributed by atoms with Crippen LogP contribution in [-0.4, -0.2) is 52.4 Å². The third-order valence-electron chi connectivity index (χ3n) is 3.98. The fraction of sp³-hybridized carbons (Fsp3) is 0.538. The first-order valence-corrected chi connectivity index (χ1v) is 6.43. The molecular weight excluding hydrogens is 230 g/mol. The number of nitrogens with one attached hydrogen (secondary N) is 1. The molecule has 0 aromatic carbocycles. The molecule has 3 aliphatic heterocycles. The van der Waals surface area contributed by atoms with Gasteiger partial charge in [-0.2, -0.15) is 0 Å². The number of fused-ring (bicyclic) bond motifs is 2. The van der Waals surface area contributed by atoms with Crippen molar-refractivity contribution in [1.82, 2.24) is 14.8 Å². The van der Waals surface area contributed by atoms with Crippen molar-refractivity contribution in [2.45, 2.75) is 25.4 Å². The molecule has 1 aromatic rings. The van der Waals surface area contributed by atoms with Gasteiger partial charge in [-0.15, -0.1) is 0 Å². The number of aromatic amines is 1. The first-order chi connectivity index (χ1) is 8.69. The minimum absolute atomic E-state index is 0.0447. The molecule has 1 amide bonds. The number of carbonyl (C=O) groups is 1. The molecule has 2 atom stereocenters. The molecule has 18 heavy (non-hydrogen) atoms. The summed E-state index contributed by atoms with van der Waals surface area (Å²) in [4.78, 5) is 30.2. The number of piperazine rings is 1. The number of carbonyl (C=O) groups excluding carboxylic acids is 1. The van der Waals surface area contributed by atoms with Gasteiger partial charge in [-0.3, -0.25) is 14.5 Å². The largest absolute Gasteiger partial charge is 0.330 e. The number of nitrogens with zero attached hydrogens (tertiary/aromatic N) is 2. The highest BCUT2D eigenvalue weighted by molar-refractivity contribution is 5.95. The Morgan fingerprint density at radius 1 is 1.39 bits per heavy atom. The molecule has 96 valence electrons. The van der Waals surface area contributed by atoms with E-state index in [1.54, 1.807) is 6.07 Å². The van der Waals surface area contributed by atoms with Gasteiger partial charge in [0.2, 0.25) is 5.56 Å². The maximum atomic E-state index is 12.3. The topological polar surface area (TPSA) is 56.4 Å². The van der Waals surface area contributed by atoms with E-state index in [4.69, 9.17) is 0 Å². The number of rotatable bonds is 2. The van der Waals surface area contributed by atoms with Crippen molar-refractivity contribution in [2.75, 3.05) is 19.6 Å². The van der Waals surface area contributed by atoms with Gasteiger partial charge >= 0.3 is 0 Å². The van der Waals surface area contributed by atoms with Gasteiger partial charge in [-0.05, 0) is 19.0 Å². The molecule has 5 heteroatoms. The summed E-state index contributed by atoms with van der Waals surface area (Å²) in [5.41, 5.74) is 0.404. The second-order valence-corrected chi connectivity index (χ2v) is 5.05. The van der Waals surface area contributed by atoms with Crippen LogP contribution in [-0.2, 0) is 0 Å². The van der Waals surface area contributed by atoms with E-state index in [0.29, 0.717) is 17.6 Å². The van der Waals surface area contributed by atoms with E-state index >= 15 is 0 Å². The average Bonchev–Trinajstić information content (AvgIpc) is 2.39. The van der Waals surface area contributed by atoms with Gasteiger partial charge in [0.05, 0.1) is 5.56 Å². The van der Waals surface area contributed by atoms with E-state index in [9.17, 15) is 9.59 Å². The van der Waals surface area contributed by atoms with Crippen LogP contribution in [0.25, 0.3) is 0 Å². The number of likely N-dealkylation sites (N-methyl/N-ethyl adjacent to an activating group) is 1. The lowest BCUT2D eigenvalue weighted by molar-refractivity contribution is -0.0459. The Kier molecular flexibility index (Phi) is 2.70. The van der Waals surface area contributed by atoms with Crippen LogP contribution in [0, 0.1) is 0 Å². The predicted molar refractivity (Wildman–Crippen MR) is 67.5 cm³/mol. The summed E-state index contributed by atoms with van der Waals surface area (Å²) in [6.07, 6.45) is 2.63. The van der Waals surface area contributed by atoms with Gasteiger partial charge in [0.25, 0.3) is 5.91 Å². The lowest BCUT2D eigenvalue weighted by atomic mass is 9.86. The first-order valence-electron chi connectivity index (χ1n) is 6.43. The van der Waals surface area contributed by atoms with E-state index in [1.807, 2.05) is 4.90 Å². The summed E-state index contributed by atoms with van der Waals surface area (Å²) in [6, 6.07) is 3.71. The summed E-state index contributed by atoms with van der Waals surface area (Å²) in [6.45, 7) is 5.15. The minimum atomic E-state index is -0.174. The van der Waals surface area contributed by atoms with Crippen molar-refractivity contribution in [3.05, 3.63) is 34.2 Å². The molecule has 0 spiro atoms. The van der Waals surface area contributed by atoms with Crippen LogP contribution < -0.4 is 5.56 Å². The zero-order valence-corrected chi connectivity index (χ0v) is 10.4. The number of hydrogen-bond acceptors (Lipinski definition) is 3. The number of H-pyrrole nitrogens is 1. The van der Waals surface area contributed by atoms with E-state index in [-0.39, 0.29) is 11.5 Å². The molecule has 0 radical (unpaired) electrons. The molecule has 1 aromatic heterocycles. The van der Waals surface area contributed by atoms with E-state index in [0.717, 1.165) is 26.1 Å². The number of pyridine rings is 1. The lowest BCUT2D eigenvalue weighted by Crippen LogP contribution is -2.70. The molecule has 0 aliphatic carbocycles. The summed E-state index contributed by atoms with van der Waals surface area (Å²) in [5, 5.41) is 0. The van der Waals surface area contributed by atoms with Crippen molar-refractivity contribution in [3.8, 4) is 0 Å². The summed E-state index contributed by atoms with van der Waals surface area (Å²) < 4.78 is 0. The summed E-state index contributed by atoms with van der Waals surface area (Å²) in [7, 11) is 0.